The molecule has 3 N–H and O–H groups in total. The molecular weight excluding hydrogens is 428 g/mol. The topological polar surface area (TPSA) is 128 Å². The zero-order valence-electron chi connectivity index (χ0n) is 19.0. The van der Waals surface area contributed by atoms with Gasteiger partial charge in [-0.2, -0.15) is 0 Å². The van der Waals surface area contributed by atoms with Gasteiger partial charge >= 0.3 is 6.09 Å². The number of carbonyl (C=O) groups is 4. The molecule has 2 aliphatic heterocycles. The van der Waals surface area contributed by atoms with Crippen molar-refractivity contribution in [1.82, 2.24) is 15.5 Å². The molecule has 0 radical (unpaired) electrons. The molecule has 0 unspecified atom stereocenters. The summed E-state index contributed by atoms with van der Waals surface area (Å²) in [6, 6.07) is 3.16. The van der Waals surface area contributed by atoms with Crippen LogP contribution in [0, 0.1) is 6.92 Å². The Morgan fingerprint density at radius 2 is 2.03 bits per heavy atom. The van der Waals surface area contributed by atoms with Crippen molar-refractivity contribution in [2.45, 2.75) is 57.6 Å². The van der Waals surface area contributed by atoms with Crippen molar-refractivity contribution in [3.05, 3.63) is 23.3 Å². The molecule has 10 nitrogen and oxygen atoms in total. The van der Waals surface area contributed by atoms with Gasteiger partial charge in [0.05, 0.1) is 5.69 Å². The fraction of sp³-hybridized carbons (Fsp3) is 0.565. The van der Waals surface area contributed by atoms with Gasteiger partial charge < -0.3 is 30.3 Å². The highest BCUT2D eigenvalue weighted by atomic mass is 16.5. The number of likely N-dealkylation sites (tertiary alicyclic amines) is 1. The first kappa shape index (κ1) is 22.9. The summed E-state index contributed by atoms with van der Waals surface area (Å²) in [5, 5.41) is 15.0. The lowest BCUT2D eigenvalue weighted by Gasteiger charge is -2.35. The maximum Gasteiger partial charge on any atom is 0.407 e. The first-order valence-electron chi connectivity index (χ1n) is 11.4. The first-order valence-corrected chi connectivity index (χ1v) is 11.4. The van der Waals surface area contributed by atoms with E-state index >= 15 is 0 Å². The molecular formula is C23H30N4O6. The highest BCUT2D eigenvalue weighted by molar-refractivity contribution is 6.06. The van der Waals surface area contributed by atoms with E-state index in [1.54, 1.807) is 24.0 Å². The number of carboxylic acid groups (broad SMARTS) is 1. The van der Waals surface area contributed by atoms with Crippen LogP contribution in [-0.4, -0.2) is 71.6 Å². The normalized spacial score (nSPS) is 20.7. The minimum absolute atomic E-state index is 0.0936. The fourth-order valence-corrected chi connectivity index (χ4v) is 4.43. The molecule has 3 aliphatic rings. The number of hydrogen-bond acceptors (Lipinski definition) is 5. The zero-order valence-corrected chi connectivity index (χ0v) is 19.0. The molecule has 1 atom stereocenters. The smallest absolute Gasteiger partial charge is 0.407 e. The Morgan fingerprint density at radius 3 is 2.70 bits per heavy atom. The Bertz CT molecular complexity index is 989. The highest BCUT2D eigenvalue weighted by Gasteiger charge is 2.58. The molecule has 1 saturated carbocycles. The third-order valence-electron chi connectivity index (χ3n) is 6.49. The largest absolute Gasteiger partial charge is 0.475 e. The molecule has 0 bridgehead atoms. The molecule has 10 heteroatoms. The van der Waals surface area contributed by atoms with Gasteiger partial charge in [-0.3, -0.25) is 14.4 Å². The van der Waals surface area contributed by atoms with Crippen LogP contribution in [-0.2, 0) is 9.59 Å². The summed E-state index contributed by atoms with van der Waals surface area (Å²) < 4.78 is 6.05. The number of fused-ring (bicyclic) bond motifs is 1. The van der Waals surface area contributed by atoms with Gasteiger partial charge in [0, 0.05) is 57.0 Å². The molecule has 1 aromatic rings. The molecule has 1 aromatic carbocycles. The van der Waals surface area contributed by atoms with Crippen molar-refractivity contribution in [1.29, 1.82) is 0 Å². The Balaban J connectivity index is 1.55. The standard InChI is InChI=1S/C23H30N4O6/c1-3-19(28)24-8-10-27-17-12-16(14(2)11-18(17)33-23(6-7-23)21(27)30)20(29)25-15-5-4-9-26(13-15)22(31)32/h11-12,15H,3-10,13H2,1-2H3,(H,24,28)(H,25,29)(H,31,32)/t15-/m1/s1. The minimum Gasteiger partial charge on any atom is -0.475 e. The van der Waals surface area contributed by atoms with Crippen molar-refractivity contribution in [2.75, 3.05) is 31.1 Å². The van der Waals surface area contributed by atoms with Crippen LogP contribution in [0.2, 0.25) is 0 Å². The third kappa shape index (κ3) is 4.60. The number of piperidine rings is 1. The van der Waals surface area contributed by atoms with Crippen LogP contribution >= 0.6 is 0 Å². The van der Waals surface area contributed by atoms with E-state index in [9.17, 15) is 24.3 Å². The quantitative estimate of drug-likeness (QED) is 0.595. The van der Waals surface area contributed by atoms with Crippen LogP contribution in [0.4, 0.5) is 10.5 Å². The van der Waals surface area contributed by atoms with Gasteiger partial charge in [0.25, 0.3) is 11.8 Å². The van der Waals surface area contributed by atoms with E-state index in [0.29, 0.717) is 67.8 Å². The lowest BCUT2D eigenvalue weighted by molar-refractivity contribution is -0.128. The lowest BCUT2D eigenvalue weighted by atomic mass is 10.0. The molecule has 4 rings (SSSR count). The molecule has 1 spiro atoms. The van der Waals surface area contributed by atoms with E-state index in [-0.39, 0.29) is 36.9 Å². The van der Waals surface area contributed by atoms with Crippen LogP contribution in [0.15, 0.2) is 12.1 Å². The maximum atomic E-state index is 13.1. The number of amides is 4. The van der Waals surface area contributed by atoms with Crippen LogP contribution < -0.4 is 20.3 Å². The van der Waals surface area contributed by atoms with Gasteiger partial charge in [0.2, 0.25) is 5.91 Å². The molecule has 1 aliphatic carbocycles. The van der Waals surface area contributed by atoms with Gasteiger partial charge in [-0.1, -0.05) is 6.92 Å². The van der Waals surface area contributed by atoms with Gasteiger partial charge in [0.15, 0.2) is 5.60 Å². The van der Waals surface area contributed by atoms with Crippen LogP contribution in [0.3, 0.4) is 0 Å². The molecule has 2 fully saturated rings. The predicted molar refractivity (Wildman–Crippen MR) is 120 cm³/mol. The second-order valence-corrected chi connectivity index (χ2v) is 8.93. The monoisotopic (exact) mass is 458 g/mol. The van der Waals surface area contributed by atoms with E-state index in [4.69, 9.17) is 4.74 Å². The Hall–Kier alpha value is -3.30. The van der Waals surface area contributed by atoms with E-state index in [1.807, 2.05) is 6.92 Å². The van der Waals surface area contributed by atoms with Crippen LogP contribution in [0.5, 0.6) is 5.75 Å². The molecule has 0 aromatic heterocycles. The van der Waals surface area contributed by atoms with Crippen molar-refractivity contribution in [3.63, 3.8) is 0 Å². The summed E-state index contributed by atoms with van der Waals surface area (Å²) >= 11 is 0. The highest BCUT2D eigenvalue weighted by Crippen LogP contribution is 2.49. The maximum absolute atomic E-state index is 13.1. The van der Waals surface area contributed by atoms with Crippen LogP contribution in [0.25, 0.3) is 0 Å². The summed E-state index contributed by atoms with van der Waals surface area (Å²) in [7, 11) is 0. The van der Waals surface area contributed by atoms with Gasteiger partial charge in [-0.15, -0.1) is 0 Å². The van der Waals surface area contributed by atoms with Gasteiger partial charge in [-0.05, 0) is 37.5 Å². The van der Waals surface area contributed by atoms with E-state index in [0.717, 1.165) is 0 Å². The zero-order chi connectivity index (χ0) is 23.8. The number of ether oxygens (including phenoxy) is 1. The molecule has 1 saturated heterocycles. The predicted octanol–water partition coefficient (Wildman–Crippen LogP) is 1.65. The lowest BCUT2D eigenvalue weighted by Crippen LogP contribution is -2.50. The van der Waals surface area contributed by atoms with E-state index < -0.39 is 11.7 Å². The van der Waals surface area contributed by atoms with Crippen molar-refractivity contribution in [3.8, 4) is 5.75 Å². The molecule has 178 valence electrons. The third-order valence-corrected chi connectivity index (χ3v) is 6.49. The molecule has 2 heterocycles. The number of anilines is 1. The fourth-order valence-electron chi connectivity index (χ4n) is 4.43. The average Bonchev–Trinajstić information content (AvgIpc) is 3.56. The van der Waals surface area contributed by atoms with E-state index in [1.165, 1.54) is 4.90 Å². The van der Waals surface area contributed by atoms with Crippen molar-refractivity contribution >= 4 is 29.5 Å². The van der Waals surface area contributed by atoms with Gasteiger partial charge in [0.1, 0.15) is 5.75 Å². The van der Waals surface area contributed by atoms with Crippen LogP contribution in [0.1, 0.15) is 54.9 Å². The second kappa shape index (κ2) is 8.92. The van der Waals surface area contributed by atoms with Crippen molar-refractivity contribution in [2.24, 2.45) is 0 Å². The Morgan fingerprint density at radius 1 is 1.27 bits per heavy atom. The van der Waals surface area contributed by atoms with Crippen molar-refractivity contribution < 1.29 is 29.0 Å². The molecule has 4 amide bonds. The number of rotatable bonds is 6. The summed E-state index contributed by atoms with van der Waals surface area (Å²) in [5.41, 5.74) is 0.795. The molecule has 33 heavy (non-hydrogen) atoms. The summed E-state index contributed by atoms with van der Waals surface area (Å²) in [5.74, 6) is -0.00659. The number of benzene rings is 1. The first-order chi connectivity index (χ1) is 15.7. The van der Waals surface area contributed by atoms with E-state index in [2.05, 4.69) is 10.6 Å². The second-order valence-electron chi connectivity index (χ2n) is 8.93. The average molecular weight is 459 g/mol. The Labute approximate surface area is 192 Å². The summed E-state index contributed by atoms with van der Waals surface area (Å²) in [4.78, 5) is 52.0. The Kier molecular flexibility index (Phi) is 6.18. The number of nitrogens with one attached hydrogen (secondary N) is 2. The minimum atomic E-state index is -0.991. The number of carbonyl (C=O) groups excluding carboxylic acids is 3. The SMILES string of the molecule is CCC(=O)NCCN1C(=O)C2(CC2)Oc2cc(C)c(C(=O)N[C@@H]3CCCN(C(=O)O)C3)cc21. The summed E-state index contributed by atoms with van der Waals surface area (Å²) in [6.07, 6.45) is 2.05. The number of hydrogen-bond donors (Lipinski definition) is 3. The summed E-state index contributed by atoms with van der Waals surface area (Å²) in [6.45, 7) is 4.87. The number of aryl methyl sites for hydroxylation is 1. The van der Waals surface area contributed by atoms with Gasteiger partial charge in [-0.25, -0.2) is 4.79 Å². The number of nitrogens with zero attached hydrogens (tertiary/aromatic N) is 2.